The number of nitrogens with one attached hydrogen (secondary N) is 1. The lowest BCUT2D eigenvalue weighted by Gasteiger charge is -2.35. The van der Waals surface area contributed by atoms with E-state index >= 15 is 0 Å². The van der Waals surface area contributed by atoms with Gasteiger partial charge in [-0.1, -0.05) is 27.2 Å². The van der Waals surface area contributed by atoms with E-state index in [0.29, 0.717) is 13.0 Å². The zero-order valence-electron chi connectivity index (χ0n) is 9.17. The normalized spacial score (nSPS) is 16.7. The maximum atomic E-state index is 12.8. The van der Waals surface area contributed by atoms with Crippen molar-refractivity contribution in [3.8, 4) is 0 Å². The summed E-state index contributed by atoms with van der Waals surface area (Å²) in [4.78, 5) is 0. The minimum absolute atomic E-state index is 0.102. The Bertz CT molecular complexity index is 156. The number of hydrogen-bond donors (Lipinski definition) is 1. The van der Waals surface area contributed by atoms with E-state index in [2.05, 4.69) is 5.32 Å². The van der Waals surface area contributed by atoms with Crippen LogP contribution in [0.1, 0.15) is 46.5 Å². The van der Waals surface area contributed by atoms with Crippen LogP contribution < -0.4 is 5.32 Å². The molecule has 1 unspecified atom stereocenters. The highest BCUT2D eigenvalue weighted by atomic mass is 19.4. The smallest absolute Gasteiger partial charge is 0.304 e. The van der Waals surface area contributed by atoms with Gasteiger partial charge in [-0.05, 0) is 25.8 Å². The standard InChI is InChI=1S/C10H20F3N/c1-4-7-9(6-3,10(11,12)13)14-8-5-2/h14H,4-8H2,1-3H3. The minimum atomic E-state index is -4.15. The molecule has 1 N–H and O–H groups in total. The molecule has 0 amide bonds. The van der Waals surface area contributed by atoms with Crippen molar-refractivity contribution in [1.82, 2.24) is 5.32 Å². The average Bonchev–Trinajstić information content (AvgIpc) is 2.10. The quantitative estimate of drug-likeness (QED) is 0.709. The molecule has 1 atom stereocenters. The van der Waals surface area contributed by atoms with Crippen LogP contribution in [0, 0.1) is 0 Å². The lowest BCUT2D eigenvalue weighted by Crippen LogP contribution is -2.56. The highest BCUT2D eigenvalue weighted by molar-refractivity contribution is 4.93. The third-order valence-corrected chi connectivity index (χ3v) is 2.54. The van der Waals surface area contributed by atoms with Gasteiger partial charge < -0.3 is 5.32 Å². The summed E-state index contributed by atoms with van der Waals surface area (Å²) in [5.41, 5.74) is -1.67. The van der Waals surface area contributed by atoms with E-state index in [0.717, 1.165) is 6.42 Å². The zero-order chi connectivity index (χ0) is 11.2. The maximum Gasteiger partial charge on any atom is 0.406 e. The lowest BCUT2D eigenvalue weighted by atomic mass is 9.89. The summed E-state index contributed by atoms with van der Waals surface area (Å²) >= 11 is 0. The van der Waals surface area contributed by atoms with Crippen LogP contribution in [0.5, 0.6) is 0 Å². The Morgan fingerprint density at radius 1 is 1.00 bits per heavy atom. The van der Waals surface area contributed by atoms with Gasteiger partial charge >= 0.3 is 6.18 Å². The van der Waals surface area contributed by atoms with E-state index in [1.807, 2.05) is 6.92 Å². The van der Waals surface area contributed by atoms with Crippen molar-refractivity contribution in [2.24, 2.45) is 0 Å². The van der Waals surface area contributed by atoms with Gasteiger partial charge in [0, 0.05) is 0 Å². The van der Waals surface area contributed by atoms with Crippen LogP contribution in [-0.2, 0) is 0 Å². The molecule has 0 heterocycles. The molecule has 0 fully saturated rings. The van der Waals surface area contributed by atoms with Gasteiger partial charge in [0.2, 0.25) is 0 Å². The molecule has 0 aromatic heterocycles. The molecular weight excluding hydrogens is 191 g/mol. The van der Waals surface area contributed by atoms with E-state index in [1.54, 1.807) is 13.8 Å². The summed E-state index contributed by atoms with van der Waals surface area (Å²) in [7, 11) is 0. The molecule has 14 heavy (non-hydrogen) atoms. The summed E-state index contributed by atoms with van der Waals surface area (Å²) in [6.45, 7) is 5.67. The van der Waals surface area contributed by atoms with Crippen molar-refractivity contribution in [2.75, 3.05) is 6.54 Å². The minimum Gasteiger partial charge on any atom is -0.304 e. The van der Waals surface area contributed by atoms with Crippen molar-refractivity contribution in [2.45, 2.75) is 58.2 Å². The summed E-state index contributed by atoms with van der Waals surface area (Å²) < 4.78 is 38.5. The van der Waals surface area contributed by atoms with Gasteiger partial charge in [0.1, 0.15) is 5.54 Å². The number of alkyl halides is 3. The highest BCUT2D eigenvalue weighted by Gasteiger charge is 2.51. The van der Waals surface area contributed by atoms with E-state index < -0.39 is 11.7 Å². The average molecular weight is 211 g/mol. The van der Waals surface area contributed by atoms with Gasteiger partial charge in [-0.2, -0.15) is 13.2 Å². The van der Waals surface area contributed by atoms with E-state index in [-0.39, 0.29) is 12.8 Å². The molecule has 0 aliphatic rings. The highest BCUT2D eigenvalue weighted by Crippen LogP contribution is 2.36. The Labute approximate surface area is 84.1 Å². The molecule has 0 rings (SSSR count). The molecule has 0 saturated carbocycles. The summed E-state index contributed by atoms with van der Waals surface area (Å²) in [5.74, 6) is 0. The molecule has 4 heteroatoms. The fraction of sp³-hybridized carbons (Fsp3) is 1.00. The Balaban J connectivity index is 4.60. The molecule has 0 aromatic rings. The summed E-state index contributed by atoms with van der Waals surface area (Å²) in [5, 5.41) is 2.65. The number of halogens is 3. The molecule has 0 saturated heterocycles. The Hall–Kier alpha value is -0.250. The molecule has 1 nitrogen and oxygen atoms in total. The third kappa shape index (κ3) is 3.15. The van der Waals surface area contributed by atoms with E-state index in [1.165, 1.54) is 0 Å². The van der Waals surface area contributed by atoms with Crippen molar-refractivity contribution in [3.63, 3.8) is 0 Å². The van der Waals surface area contributed by atoms with Crippen molar-refractivity contribution in [1.29, 1.82) is 0 Å². The monoisotopic (exact) mass is 211 g/mol. The van der Waals surface area contributed by atoms with Crippen LogP contribution in [-0.4, -0.2) is 18.3 Å². The Morgan fingerprint density at radius 2 is 1.57 bits per heavy atom. The fourth-order valence-electron chi connectivity index (χ4n) is 1.62. The topological polar surface area (TPSA) is 12.0 Å². The van der Waals surface area contributed by atoms with Crippen LogP contribution in [0.3, 0.4) is 0 Å². The maximum absolute atomic E-state index is 12.8. The molecule has 0 aliphatic heterocycles. The van der Waals surface area contributed by atoms with Gasteiger partial charge in [0.15, 0.2) is 0 Å². The summed E-state index contributed by atoms with van der Waals surface area (Å²) in [6.07, 6.45) is -2.62. The van der Waals surface area contributed by atoms with Crippen LogP contribution >= 0.6 is 0 Å². The van der Waals surface area contributed by atoms with Gasteiger partial charge in [-0.3, -0.25) is 0 Å². The van der Waals surface area contributed by atoms with Gasteiger partial charge in [-0.15, -0.1) is 0 Å². The second kappa shape index (κ2) is 5.59. The lowest BCUT2D eigenvalue weighted by molar-refractivity contribution is -0.200. The van der Waals surface area contributed by atoms with Crippen molar-refractivity contribution in [3.05, 3.63) is 0 Å². The number of hydrogen-bond acceptors (Lipinski definition) is 1. The Morgan fingerprint density at radius 3 is 1.86 bits per heavy atom. The van der Waals surface area contributed by atoms with Gasteiger partial charge in [0.25, 0.3) is 0 Å². The predicted octanol–water partition coefficient (Wildman–Crippen LogP) is 3.50. The van der Waals surface area contributed by atoms with E-state index in [4.69, 9.17) is 0 Å². The zero-order valence-corrected chi connectivity index (χ0v) is 9.17. The van der Waals surface area contributed by atoms with Crippen LogP contribution in [0.4, 0.5) is 13.2 Å². The predicted molar refractivity (Wildman–Crippen MR) is 52.3 cm³/mol. The van der Waals surface area contributed by atoms with Crippen molar-refractivity contribution >= 4 is 0 Å². The van der Waals surface area contributed by atoms with Crippen LogP contribution in [0.2, 0.25) is 0 Å². The largest absolute Gasteiger partial charge is 0.406 e. The van der Waals surface area contributed by atoms with Crippen molar-refractivity contribution < 1.29 is 13.2 Å². The number of rotatable bonds is 6. The molecule has 0 aliphatic carbocycles. The van der Waals surface area contributed by atoms with Crippen LogP contribution in [0.25, 0.3) is 0 Å². The SMILES string of the molecule is CCCNC(CC)(CCC)C(F)(F)F. The molecule has 86 valence electrons. The van der Waals surface area contributed by atoms with Gasteiger partial charge in [-0.25, -0.2) is 0 Å². The molecule has 0 spiro atoms. The first kappa shape index (κ1) is 13.8. The second-order valence-electron chi connectivity index (χ2n) is 3.61. The summed E-state index contributed by atoms with van der Waals surface area (Å²) in [6, 6.07) is 0. The van der Waals surface area contributed by atoms with E-state index in [9.17, 15) is 13.2 Å². The first-order valence-electron chi connectivity index (χ1n) is 5.25. The molecule has 0 bridgehead atoms. The third-order valence-electron chi connectivity index (χ3n) is 2.54. The molecule has 0 aromatic carbocycles. The molecule has 0 radical (unpaired) electrons. The Kier molecular flexibility index (Phi) is 5.49. The molecular formula is C10H20F3N. The van der Waals surface area contributed by atoms with Crippen LogP contribution in [0.15, 0.2) is 0 Å². The fourth-order valence-corrected chi connectivity index (χ4v) is 1.62. The first-order chi connectivity index (χ1) is 6.43. The first-order valence-corrected chi connectivity index (χ1v) is 5.25. The second-order valence-corrected chi connectivity index (χ2v) is 3.61. The van der Waals surface area contributed by atoms with Gasteiger partial charge in [0.05, 0.1) is 0 Å².